The maximum absolute atomic E-state index is 5.12. The Bertz CT molecular complexity index is 657. The van der Waals surface area contributed by atoms with E-state index in [1.54, 1.807) is 25.5 Å². The van der Waals surface area contributed by atoms with Crippen LogP contribution in [0, 0.1) is 6.92 Å². The molecule has 0 spiro atoms. The topological polar surface area (TPSA) is 58.5 Å². The SMILES string of the molecule is CN=C(NCCc1csc(-c2ccc(C)cc2)n1)NC(C)COC.I. The minimum Gasteiger partial charge on any atom is -0.383 e. The van der Waals surface area contributed by atoms with Crippen LogP contribution in [-0.2, 0) is 11.2 Å². The highest BCUT2D eigenvalue weighted by Crippen LogP contribution is 2.24. The first-order chi connectivity index (χ1) is 11.6. The lowest BCUT2D eigenvalue weighted by molar-refractivity contribution is 0.179. The minimum absolute atomic E-state index is 0. The van der Waals surface area contributed by atoms with Gasteiger partial charge in [0, 0.05) is 44.1 Å². The molecule has 0 amide bonds. The Morgan fingerprint density at radius 1 is 1.32 bits per heavy atom. The molecule has 0 aliphatic carbocycles. The third kappa shape index (κ3) is 7.29. The van der Waals surface area contributed by atoms with Gasteiger partial charge in [-0.1, -0.05) is 29.8 Å². The van der Waals surface area contributed by atoms with Gasteiger partial charge in [0.25, 0.3) is 0 Å². The van der Waals surface area contributed by atoms with E-state index in [9.17, 15) is 0 Å². The number of ether oxygens (including phenoxy) is 1. The number of methoxy groups -OCH3 is 1. The number of nitrogens with one attached hydrogen (secondary N) is 2. The Hall–Kier alpha value is -1.19. The molecule has 1 heterocycles. The average Bonchev–Trinajstić information content (AvgIpc) is 3.03. The van der Waals surface area contributed by atoms with Crippen molar-refractivity contribution in [2.75, 3.05) is 27.3 Å². The van der Waals surface area contributed by atoms with E-state index in [2.05, 4.69) is 59.1 Å². The molecule has 0 fully saturated rings. The van der Waals surface area contributed by atoms with Crippen LogP contribution in [-0.4, -0.2) is 44.3 Å². The molecule has 7 heteroatoms. The lowest BCUT2D eigenvalue weighted by Gasteiger charge is -2.16. The zero-order valence-corrected chi connectivity index (χ0v) is 18.4. The van der Waals surface area contributed by atoms with Crippen LogP contribution in [0.3, 0.4) is 0 Å². The van der Waals surface area contributed by atoms with E-state index >= 15 is 0 Å². The van der Waals surface area contributed by atoms with Crippen LogP contribution >= 0.6 is 35.3 Å². The molecule has 0 aliphatic rings. The Labute approximate surface area is 171 Å². The van der Waals surface area contributed by atoms with Gasteiger partial charge in [-0.3, -0.25) is 4.99 Å². The quantitative estimate of drug-likeness (QED) is 0.367. The highest BCUT2D eigenvalue weighted by Gasteiger charge is 2.07. The first kappa shape index (κ1) is 21.9. The van der Waals surface area contributed by atoms with Gasteiger partial charge in [0.2, 0.25) is 0 Å². The third-order valence-electron chi connectivity index (χ3n) is 3.55. The van der Waals surface area contributed by atoms with Crippen LogP contribution < -0.4 is 10.6 Å². The van der Waals surface area contributed by atoms with Gasteiger partial charge in [-0.15, -0.1) is 35.3 Å². The minimum atomic E-state index is 0. The van der Waals surface area contributed by atoms with Crippen LogP contribution in [0.5, 0.6) is 0 Å². The molecule has 5 nitrogen and oxygen atoms in total. The molecule has 0 radical (unpaired) electrons. The summed E-state index contributed by atoms with van der Waals surface area (Å²) in [6.07, 6.45) is 0.863. The van der Waals surface area contributed by atoms with Crippen LogP contribution in [0.15, 0.2) is 34.6 Å². The van der Waals surface area contributed by atoms with Crippen molar-refractivity contribution in [1.82, 2.24) is 15.6 Å². The fourth-order valence-electron chi connectivity index (χ4n) is 2.28. The summed E-state index contributed by atoms with van der Waals surface area (Å²) in [5.41, 5.74) is 3.54. The number of guanidine groups is 1. The zero-order valence-electron chi connectivity index (χ0n) is 15.2. The molecule has 0 bridgehead atoms. The molecule has 1 atom stereocenters. The summed E-state index contributed by atoms with van der Waals surface area (Å²) >= 11 is 1.69. The van der Waals surface area contributed by atoms with Gasteiger partial charge in [0.15, 0.2) is 5.96 Å². The third-order valence-corrected chi connectivity index (χ3v) is 4.49. The zero-order chi connectivity index (χ0) is 17.4. The Balaban J connectivity index is 0.00000312. The van der Waals surface area contributed by atoms with Gasteiger partial charge in [-0.25, -0.2) is 4.98 Å². The van der Waals surface area contributed by atoms with Gasteiger partial charge in [0.1, 0.15) is 5.01 Å². The number of rotatable bonds is 7. The molecule has 138 valence electrons. The van der Waals surface area contributed by atoms with Crippen molar-refractivity contribution in [3.05, 3.63) is 40.9 Å². The summed E-state index contributed by atoms with van der Waals surface area (Å²) in [6, 6.07) is 8.70. The van der Waals surface area contributed by atoms with E-state index < -0.39 is 0 Å². The second-order valence-electron chi connectivity index (χ2n) is 5.76. The number of aromatic nitrogens is 1. The number of aryl methyl sites for hydroxylation is 1. The molecule has 2 N–H and O–H groups in total. The van der Waals surface area contributed by atoms with Crippen molar-refractivity contribution in [1.29, 1.82) is 0 Å². The molecule has 0 saturated carbocycles. The van der Waals surface area contributed by atoms with Crippen LogP contribution in [0.2, 0.25) is 0 Å². The number of thiazole rings is 1. The van der Waals surface area contributed by atoms with Gasteiger partial charge >= 0.3 is 0 Å². The molecule has 25 heavy (non-hydrogen) atoms. The van der Waals surface area contributed by atoms with E-state index in [1.807, 2.05) is 0 Å². The number of halogens is 1. The standard InChI is InChI=1S/C18H26N4OS.HI/c1-13-5-7-15(8-6-13)17-22-16(12-24-17)9-10-20-18(19-3)21-14(2)11-23-4;/h5-8,12,14H,9-11H2,1-4H3,(H2,19,20,21);1H. The van der Waals surface area contributed by atoms with E-state index in [1.165, 1.54) is 11.1 Å². The maximum atomic E-state index is 5.12. The summed E-state index contributed by atoms with van der Waals surface area (Å²) in [5, 5.41) is 9.79. The van der Waals surface area contributed by atoms with Gasteiger partial charge in [-0.05, 0) is 13.8 Å². The fourth-order valence-corrected chi connectivity index (χ4v) is 3.14. The molecular weight excluding hydrogens is 447 g/mol. The lowest BCUT2D eigenvalue weighted by Crippen LogP contribution is -2.44. The first-order valence-corrected chi connectivity index (χ1v) is 8.98. The summed E-state index contributed by atoms with van der Waals surface area (Å²) in [6.45, 7) is 5.59. The normalized spacial score (nSPS) is 12.4. The van der Waals surface area contributed by atoms with Crippen molar-refractivity contribution in [3.63, 3.8) is 0 Å². The fraction of sp³-hybridized carbons (Fsp3) is 0.444. The largest absolute Gasteiger partial charge is 0.383 e. The molecule has 2 rings (SSSR count). The number of benzene rings is 1. The molecule has 2 aromatic rings. The first-order valence-electron chi connectivity index (χ1n) is 8.10. The lowest BCUT2D eigenvalue weighted by atomic mass is 10.2. The Morgan fingerprint density at radius 3 is 2.68 bits per heavy atom. The molecule has 0 aliphatic heterocycles. The summed E-state index contributed by atoms with van der Waals surface area (Å²) in [4.78, 5) is 8.95. The van der Waals surface area contributed by atoms with E-state index in [4.69, 9.17) is 9.72 Å². The average molecular weight is 474 g/mol. The van der Waals surface area contributed by atoms with Gasteiger partial charge < -0.3 is 15.4 Å². The predicted molar refractivity (Wildman–Crippen MR) is 117 cm³/mol. The second kappa shape index (κ2) is 11.4. The Kier molecular flexibility index (Phi) is 9.99. The van der Waals surface area contributed by atoms with E-state index in [-0.39, 0.29) is 30.0 Å². The van der Waals surface area contributed by atoms with Crippen LogP contribution in [0.4, 0.5) is 0 Å². The van der Waals surface area contributed by atoms with Crippen molar-refractivity contribution in [2.24, 2.45) is 4.99 Å². The molecule has 1 aromatic carbocycles. The molecular formula is C18H27IN4OS. The van der Waals surface area contributed by atoms with Gasteiger partial charge in [0.05, 0.1) is 12.3 Å². The molecule has 1 unspecified atom stereocenters. The molecule has 1 aromatic heterocycles. The maximum Gasteiger partial charge on any atom is 0.191 e. The van der Waals surface area contributed by atoms with Crippen LogP contribution in [0.25, 0.3) is 10.6 Å². The van der Waals surface area contributed by atoms with E-state index in [0.29, 0.717) is 6.61 Å². The van der Waals surface area contributed by atoms with Crippen LogP contribution in [0.1, 0.15) is 18.2 Å². The smallest absolute Gasteiger partial charge is 0.191 e. The number of hydrogen-bond donors (Lipinski definition) is 2. The number of aliphatic imine (C=N–C) groups is 1. The van der Waals surface area contributed by atoms with Crippen molar-refractivity contribution in [3.8, 4) is 10.6 Å². The summed E-state index contributed by atoms with van der Waals surface area (Å²) in [5.74, 6) is 0.786. The highest BCUT2D eigenvalue weighted by atomic mass is 127. The highest BCUT2D eigenvalue weighted by molar-refractivity contribution is 14.0. The van der Waals surface area contributed by atoms with Crippen molar-refractivity contribution < 1.29 is 4.74 Å². The Morgan fingerprint density at radius 2 is 2.04 bits per heavy atom. The predicted octanol–water partition coefficient (Wildman–Crippen LogP) is 3.48. The second-order valence-corrected chi connectivity index (χ2v) is 6.62. The van der Waals surface area contributed by atoms with Crippen molar-refractivity contribution >= 4 is 41.3 Å². The van der Waals surface area contributed by atoms with E-state index in [0.717, 1.165) is 29.6 Å². The number of nitrogens with zero attached hydrogens (tertiary/aromatic N) is 2. The molecule has 0 saturated heterocycles. The summed E-state index contributed by atoms with van der Waals surface area (Å²) in [7, 11) is 3.47. The van der Waals surface area contributed by atoms with Crippen molar-refractivity contribution in [2.45, 2.75) is 26.3 Å². The number of hydrogen-bond acceptors (Lipinski definition) is 4. The van der Waals surface area contributed by atoms with Gasteiger partial charge in [-0.2, -0.15) is 0 Å². The monoisotopic (exact) mass is 474 g/mol. The summed E-state index contributed by atoms with van der Waals surface area (Å²) < 4.78 is 5.12.